The van der Waals surface area contributed by atoms with E-state index in [0.717, 1.165) is 18.3 Å². The molecule has 0 aliphatic carbocycles. The lowest BCUT2D eigenvalue weighted by Crippen LogP contribution is -1.73. The highest BCUT2D eigenvalue weighted by atomic mass is 79.9. The Balaban J connectivity index is 3.31. The van der Waals surface area contributed by atoms with Gasteiger partial charge in [-0.1, -0.05) is 0 Å². The number of hydrogen-bond acceptors (Lipinski definition) is 1. The Morgan fingerprint density at radius 1 is 1.00 bits per heavy atom. The Bertz CT molecular complexity index is 236. The quantitative estimate of drug-likeness (QED) is 0.526. The van der Waals surface area contributed by atoms with Gasteiger partial charge in [-0.25, -0.2) is 0 Å². The van der Waals surface area contributed by atoms with Crippen molar-refractivity contribution in [2.24, 2.45) is 0 Å². The van der Waals surface area contributed by atoms with Crippen molar-refractivity contribution in [3.63, 3.8) is 0 Å². The van der Waals surface area contributed by atoms with Crippen LogP contribution in [0.3, 0.4) is 0 Å². The molecular weight excluding hydrogens is 344 g/mol. The van der Waals surface area contributed by atoms with Crippen LogP contribution in [-0.2, 0) is 0 Å². The van der Waals surface area contributed by atoms with Crippen LogP contribution in [0.2, 0.25) is 0 Å². The van der Waals surface area contributed by atoms with Crippen LogP contribution in [0, 0.1) is 0 Å². The van der Waals surface area contributed by atoms with E-state index in [-0.39, 0.29) is 0 Å². The summed E-state index contributed by atoms with van der Waals surface area (Å²) in [5.74, 6) is 0. The van der Waals surface area contributed by atoms with Crippen LogP contribution in [0.1, 0.15) is 0 Å². The fraction of sp³-hybridized carbons (Fsp3) is 0. The summed E-state index contributed by atoms with van der Waals surface area (Å²) >= 11 is 14.3. The minimum absolute atomic E-state index is 0.932. The molecule has 1 rings (SSSR count). The molecule has 4 heteroatoms. The van der Waals surface area contributed by atoms with Gasteiger partial charge in [0.15, 0.2) is 0 Å². The lowest BCUT2D eigenvalue weighted by Gasteiger charge is -1.99. The molecule has 0 bridgehead atoms. The summed E-state index contributed by atoms with van der Waals surface area (Å²) < 4.78 is 3.03. The van der Waals surface area contributed by atoms with E-state index >= 15 is 0 Å². The SMILES string of the molecule is Sc1cc(Br)c(Br)c(Br)c1. The van der Waals surface area contributed by atoms with Crippen molar-refractivity contribution in [2.45, 2.75) is 4.90 Å². The molecule has 0 aliphatic rings. The van der Waals surface area contributed by atoms with Crippen LogP contribution in [-0.4, -0.2) is 0 Å². The van der Waals surface area contributed by atoms with Gasteiger partial charge in [-0.15, -0.1) is 12.6 Å². The van der Waals surface area contributed by atoms with E-state index in [1.165, 1.54) is 0 Å². The second kappa shape index (κ2) is 3.61. The Hall–Kier alpha value is 1.01. The zero-order valence-corrected chi connectivity index (χ0v) is 10.4. The van der Waals surface area contributed by atoms with Gasteiger partial charge in [0.25, 0.3) is 0 Å². The van der Waals surface area contributed by atoms with Crippen molar-refractivity contribution >= 4 is 60.4 Å². The Labute approximate surface area is 90.2 Å². The summed E-state index contributed by atoms with van der Waals surface area (Å²) in [6.45, 7) is 0. The monoisotopic (exact) mass is 344 g/mol. The average Bonchev–Trinajstić information content (AvgIpc) is 1.82. The molecule has 0 radical (unpaired) electrons. The third-order valence-electron chi connectivity index (χ3n) is 0.969. The minimum Gasteiger partial charge on any atom is -0.143 e. The van der Waals surface area contributed by atoms with Gasteiger partial charge in [-0.2, -0.15) is 0 Å². The third kappa shape index (κ3) is 2.00. The molecule has 0 aromatic heterocycles. The fourth-order valence-corrected chi connectivity index (χ4v) is 2.57. The van der Waals surface area contributed by atoms with Gasteiger partial charge in [-0.05, 0) is 59.9 Å². The predicted octanol–water partition coefficient (Wildman–Crippen LogP) is 4.26. The molecule has 0 amide bonds. The topological polar surface area (TPSA) is 0 Å². The Morgan fingerprint density at radius 2 is 1.40 bits per heavy atom. The van der Waals surface area contributed by atoms with Crippen molar-refractivity contribution in [2.75, 3.05) is 0 Å². The van der Waals surface area contributed by atoms with E-state index < -0.39 is 0 Å². The standard InChI is InChI=1S/C6H3Br3S/c7-4-1-3(10)2-5(8)6(4)9/h1-2,10H. The zero-order chi connectivity index (χ0) is 7.72. The first kappa shape index (κ1) is 9.10. The molecule has 1 aromatic carbocycles. The van der Waals surface area contributed by atoms with Crippen molar-refractivity contribution in [3.05, 3.63) is 25.6 Å². The van der Waals surface area contributed by atoms with Crippen molar-refractivity contribution < 1.29 is 0 Å². The third-order valence-corrected chi connectivity index (χ3v) is 4.40. The van der Waals surface area contributed by atoms with E-state index in [1.54, 1.807) is 0 Å². The second-order valence-corrected chi connectivity index (χ2v) is 4.74. The molecule has 54 valence electrons. The molecular formula is C6H3Br3S. The largest absolute Gasteiger partial charge is 0.143 e. The highest BCUT2D eigenvalue weighted by Crippen LogP contribution is 2.32. The lowest BCUT2D eigenvalue weighted by molar-refractivity contribution is 1.39. The van der Waals surface area contributed by atoms with Gasteiger partial charge in [0, 0.05) is 18.3 Å². The first-order chi connectivity index (χ1) is 4.61. The maximum absolute atomic E-state index is 4.19. The molecule has 0 nitrogen and oxygen atoms in total. The summed E-state index contributed by atoms with van der Waals surface area (Å²) in [7, 11) is 0. The summed E-state index contributed by atoms with van der Waals surface area (Å²) in [5.41, 5.74) is 0. The number of hydrogen-bond donors (Lipinski definition) is 1. The zero-order valence-electron chi connectivity index (χ0n) is 4.74. The van der Waals surface area contributed by atoms with Gasteiger partial charge in [-0.3, -0.25) is 0 Å². The van der Waals surface area contributed by atoms with E-state index in [2.05, 4.69) is 60.4 Å². The average molecular weight is 347 g/mol. The van der Waals surface area contributed by atoms with Crippen LogP contribution in [0.4, 0.5) is 0 Å². The molecule has 0 unspecified atom stereocenters. The molecule has 0 saturated carbocycles. The highest BCUT2D eigenvalue weighted by Gasteiger charge is 2.01. The summed E-state index contributed by atoms with van der Waals surface area (Å²) in [5, 5.41) is 0. The smallest absolute Gasteiger partial charge is 0.0460 e. The van der Waals surface area contributed by atoms with Gasteiger partial charge < -0.3 is 0 Å². The first-order valence-electron chi connectivity index (χ1n) is 2.45. The maximum atomic E-state index is 4.19. The predicted molar refractivity (Wildman–Crippen MR) is 56.8 cm³/mol. The highest BCUT2D eigenvalue weighted by molar-refractivity contribution is 9.14. The Morgan fingerprint density at radius 3 is 1.80 bits per heavy atom. The van der Waals surface area contributed by atoms with E-state index in [4.69, 9.17) is 0 Å². The molecule has 10 heavy (non-hydrogen) atoms. The van der Waals surface area contributed by atoms with Gasteiger partial charge in [0.1, 0.15) is 0 Å². The van der Waals surface area contributed by atoms with Crippen LogP contribution in [0.5, 0.6) is 0 Å². The summed E-state index contributed by atoms with van der Waals surface area (Å²) in [4.78, 5) is 0.932. The minimum atomic E-state index is 0.932. The molecule has 0 aliphatic heterocycles. The van der Waals surface area contributed by atoms with Crippen LogP contribution < -0.4 is 0 Å². The lowest BCUT2D eigenvalue weighted by atomic mass is 10.4. The fourth-order valence-electron chi connectivity index (χ4n) is 0.542. The van der Waals surface area contributed by atoms with Crippen LogP contribution >= 0.6 is 60.4 Å². The van der Waals surface area contributed by atoms with E-state index in [9.17, 15) is 0 Å². The van der Waals surface area contributed by atoms with E-state index in [1.807, 2.05) is 12.1 Å². The Kier molecular flexibility index (Phi) is 3.28. The number of halogens is 3. The number of benzene rings is 1. The molecule has 0 atom stereocenters. The maximum Gasteiger partial charge on any atom is 0.0460 e. The van der Waals surface area contributed by atoms with Gasteiger partial charge in [0.05, 0.1) is 0 Å². The van der Waals surface area contributed by atoms with Crippen molar-refractivity contribution in [1.82, 2.24) is 0 Å². The molecule has 0 spiro atoms. The second-order valence-electron chi connectivity index (χ2n) is 1.72. The van der Waals surface area contributed by atoms with Crippen LogP contribution in [0.25, 0.3) is 0 Å². The number of rotatable bonds is 0. The van der Waals surface area contributed by atoms with Gasteiger partial charge in [0.2, 0.25) is 0 Å². The number of thiol groups is 1. The van der Waals surface area contributed by atoms with Crippen LogP contribution in [0.15, 0.2) is 30.4 Å². The summed E-state index contributed by atoms with van der Waals surface area (Å²) in [6, 6.07) is 3.86. The molecule has 0 saturated heterocycles. The summed E-state index contributed by atoms with van der Waals surface area (Å²) in [6.07, 6.45) is 0. The van der Waals surface area contributed by atoms with Crippen molar-refractivity contribution in [1.29, 1.82) is 0 Å². The van der Waals surface area contributed by atoms with E-state index in [0.29, 0.717) is 0 Å². The first-order valence-corrected chi connectivity index (χ1v) is 5.27. The van der Waals surface area contributed by atoms with Crippen molar-refractivity contribution in [3.8, 4) is 0 Å². The normalized spacial score (nSPS) is 10.0. The molecule has 0 fully saturated rings. The molecule has 1 aromatic rings. The molecule has 0 N–H and O–H groups in total. The van der Waals surface area contributed by atoms with Gasteiger partial charge >= 0.3 is 0 Å². The molecule has 0 heterocycles.